The number of para-hydroxylation sites is 1. The Labute approximate surface area is 143 Å². The first-order valence-electron chi connectivity index (χ1n) is 8.46. The van der Waals surface area contributed by atoms with Crippen molar-refractivity contribution >= 4 is 16.8 Å². The largest absolute Gasteiger partial charge is 0.381 e. The molecule has 0 bridgehead atoms. The van der Waals surface area contributed by atoms with Gasteiger partial charge in [0.1, 0.15) is 0 Å². The highest BCUT2D eigenvalue weighted by atomic mass is 16.5. The lowest BCUT2D eigenvalue weighted by molar-refractivity contribution is 0.0616. The van der Waals surface area contributed by atoms with Crippen LogP contribution < -0.4 is 5.32 Å². The molecule has 2 aromatic rings. The summed E-state index contributed by atoms with van der Waals surface area (Å²) in [7, 11) is 0. The first-order chi connectivity index (χ1) is 11.5. The number of ether oxygens (including phenoxy) is 1. The molecule has 3 rings (SSSR count). The van der Waals surface area contributed by atoms with Gasteiger partial charge in [0.25, 0.3) is 5.91 Å². The van der Waals surface area contributed by atoms with E-state index in [1.54, 1.807) is 0 Å². The van der Waals surface area contributed by atoms with Crippen molar-refractivity contribution < 1.29 is 9.53 Å². The fourth-order valence-corrected chi connectivity index (χ4v) is 3.17. The van der Waals surface area contributed by atoms with Crippen molar-refractivity contribution in [1.82, 2.24) is 9.88 Å². The Morgan fingerprint density at radius 2 is 2.08 bits per heavy atom. The molecular formula is C20H24N2O2. The van der Waals surface area contributed by atoms with E-state index in [0.29, 0.717) is 11.5 Å². The Kier molecular flexibility index (Phi) is 4.64. The average molecular weight is 324 g/mol. The summed E-state index contributed by atoms with van der Waals surface area (Å²) in [5.74, 6) is 3.08. The normalized spacial score (nSPS) is 16.0. The second-order valence-corrected chi connectivity index (χ2v) is 6.99. The predicted molar refractivity (Wildman–Crippen MR) is 95.9 cm³/mol. The molecule has 1 fully saturated rings. The molecule has 4 nitrogen and oxygen atoms in total. The number of terminal acetylenes is 1. The van der Waals surface area contributed by atoms with Crippen LogP contribution in [-0.2, 0) is 11.3 Å². The van der Waals surface area contributed by atoms with Gasteiger partial charge in [0.2, 0.25) is 0 Å². The van der Waals surface area contributed by atoms with Crippen LogP contribution in [0.5, 0.6) is 0 Å². The Morgan fingerprint density at radius 1 is 1.38 bits per heavy atom. The standard InChI is InChI=1S/C20H24N2O2/c1-4-20(2,3)21-19(23)17-14-22(13-15-9-11-24-12-10-15)18-8-6-5-7-16(17)18/h1,5-8,14-15H,9-13H2,2-3H3,(H,21,23). The van der Waals surface area contributed by atoms with Gasteiger partial charge in [0, 0.05) is 36.9 Å². The highest BCUT2D eigenvalue weighted by Crippen LogP contribution is 2.25. The fourth-order valence-electron chi connectivity index (χ4n) is 3.17. The maximum atomic E-state index is 12.7. The van der Waals surface area contributed by atoms with Gasteiger partial charge in [-0.25, -0.2) is 0 Å². The minimum Gasteiger partial charge on any atom is -0.381 e. The van der Waals surface area contributed by atoms with E-state index in [-0.39, 0.29) is 5.91 Å². The third-order valence-electron chi connectivity index (χ3n) is 4.62. The summed E-state index contributed by atoms with van der Waals surface area (Å²) in [5.41, 5.74) is 1.11. The zero-order valence-electron chi connectivity index (χ0n) is 14.3. The van der Waals surface area contributed by atoms with Crippen LogP contribution in [0.15, 0.2) is 30.5 Å². The van der Waals surface area contributed by atoms with E-state index in [9.17, 15) is 4.79 Å². The van der Waals surface area contributed by atoms with E-state index in [0.717, 1.165) is 43.5 Å². The number of benzene rings is 1. The molecule has 0 spiro atoms. The van der Waals surface area contributed by atoms with Crippen LogP contribution in [0.1, 0.15) is 37.0 Å². The molecule has 1 aliphatic rings. The summed E-state index contributed by atoms with van der Waals surface area (Å²) in [6.45, 7) is 6.22. The molecule has 0 unspecified atom stereocenters. The minimum absolute atomic E-state index is 0.125. The van der Waals surface area contributed by atoms with E-state index in [1.165, 1.54) is 0 Å². The van der Waals surface area contributed by atoms with Crippen LogP contribution in [0.3, 0.4) is 0 Å². The average Bonchev–Trinajstić information content (AvgIpc) is 2.94. The quantitative estimate of drug-likeness (QED) is 0.878. The van der Waals surface area contributed by atoms with Crippen LogP contribution in [0.4, 0.5) is 0 Å². The van der Waals surface area contributed by atoms with Crippen molar-refractivity contribution in [1.29, 1.82) is 0 Å². The summed E-state index contributed by atoms with van der Waals surface area (Å²) in [5, 5.41) is 3.89. The Morgan fingerprint density at radius 3 is 2.79 bits per heavy atom. The molecule has 126 valence electrons. The fraction of sp³-hybridized carbons (Fsp3) is 0.450. The van der Waals surface area contributed by atoms with Gasteiger partial charge >= 0.3 is 0 Å². The monoisotopic (exact) mass is 324 g/mol. The molecular weight excluding hydrogens is 300 g/mol. The molecule has 24 heavy (non-hydrogen) atoms. The van der Waals surface area contributed by atoms with Gasteiger partial charge in [0.15, 0.2) is 0 Å². The van der Waals surface area contributed by atoms with E-state index < -0.39 is 5.54 Å². The number of nitrogens with one attached hydrogen (secondary N) is 1. The molecule has 0 aliphatic carbocycles. The number of aromatic nitrogens is 1. The summed E-state index contributed by atoms with van der Waals surface area (Å²) in [6, 6.07) is 8.03. The van der Waals surface area contributed by atoms with Crippen molar-refractivity contribution in [3.8, 4) is 12.3 Å². The molecule has 1 aromatic heterocycles. The van der Waals surface area contributed by atoms with E-state index in [4.69, 9.17) is 11.2 Å². The Balaban J connectivity index is 1.91. The zero-order chi connectivity index (χ0) is 17.2. The number of amides is 1. The molecule has 2 heterocycles. The van der Waals surface area contributed by atoms with Gasteiger partial charge in [-0.3, -0.25) is 4.79 Å². The maximum absolute atomic E-state index is 12.7. The number of nitrogens with zero attached hydrogens (tertiary/aromatic N) is 1. The van der Waals surface area contributed by atoms with E-state index in [1.807, 2.05) is 38.2 Å². The summed E-state index contributed by atoms with van der Waals surface area (Å²) < 4.78 is 7.64. The van der Waals surface area contributed by atoms with Crippen LogP contribution in [0, 0.1) is 18.3 Å². The second-order valence-electron chi connectivity index (χ2n) is 6.99. The third-order valence-corrected chi connectivity index (χ3v) is 4.62. The minimum atomic E-state index is -0.666. The molecule has 1 aliphatic heterocycles. The van der Waals surface area contributed by atoms with Crippen molar-refractivity contribution in [3.63, 3.8) is 0 Å². The van der Waals surface area contributed by atoms with E-state index >= 15 is 0 Å². The van der Waals surface area contributed by atoms with Crippen LogP contribution in [-0.4, -0.2) is 29.2 Å². The third kappa shape index (κ3) is 3.47. The topological polar surface area (TPSA) is 43.3 Å². The molecule has 0 saturated carbocycles. The molecule has 0 atom stereocenters. The summed E-state index contributed by atoms with van der Waals surface area (Å²) >= 11 is 0. The molecule has 1 saturated heterocycles. The van der Waals surface area contributed by atoms with Gasteiger partial charge in [-0.05, 0) is 38.7 Å². The zero-order valence-corrected chi connectivity index (χ0v) is 14.3. The lowest BCUT2D eigenvalue weighted by Crippen LogP contribution is -2.42. The second kappa shape index (κ2) is 6.70. The van der Waals surface area contributed by atoms with Crippen LogP contribution in [0.2, 0.25) is 0 Å². The van der Waals surface area contributed by atoms with Gasteiger partial charge in [0.05, 0.1) is 11.1 Å². The van der Waals surface area contributed by atoms with Crippen LogP contribution in [0.25, 0.3) is 10.9 Å². The number of rotatable bonds is 4. The van der Waals surface area contributed by atoms with Crippen molar-refractivity contribution in [2.24, 2.45) is 5.92 Å². The highest BCUT2D eigenvalue weighted by Gasteiger charge is 2.22. The van der Waals surface area contributed by atoms with E-state index in [2.05, 4.69) is 21.9 Å². The number of hydrogen-bond donors (Lipinski definition) is 1. The number of carbonyl (C=O) groups excluding carboxylic acids is 1. The highest BCUT2D eigenvalue weighted by molar-refractivity contribution is 6.07. The smallest absolute Gasteiger partial charge is 0.254 e. The number of carbonyl (C=O) groups is 1. The van der Waals surface area contributed by atoms with Crippen LogP contribution >= 0.6 is 0 Å². The lowest BCUT2D eigenvalue weighted by Gasteiger charge is -2.22. The summed E-state index contributed by atoms with van der Waals surface area (Å²) in [4.78, 5) is 12.7. The molecule has 1 aromatic carbocycles. The summed E-state index contributed by atoms with van der Waals surface area (Å²) in [6.07, 6.45) is 9.59. The van der Waals surface area contributed by atoms with Gasteiger partial charge < -0.3 is 14.6 Å². The van der Waals surface area contributed by atoms with Gasteiger partial charge in [-0.2, -0.15) is 0 Å². The molecule has 1 N–H and O–H groups in total. The van der Waals surface area contributed by atoms with Crippen molar-refractivity contribution in [3.05, 3.63) is 36.0 Å². The first kappa shape index (κ1) is 16.6. The van der Waals surface area contributed by atoms with Gasteiger partial charge in [-0.15, -0.1) is 6.42 Å². The number of hydrogen-bond acceptors (Lipinski definition) is 2. The first-order valence-corrected chi connectivity index (χ1v) is 8.46. The van der Waals surface area contributed by atoms with Gasteiger partial charge in [-0.1, -0.05) is 24.1 Å². The molecule has 0 radical (unpaired) electrons. The van der Waals surface area contributed by atoms with Crippen molar-refractivity contribution in [2.45, 2.75) is 38.8 Å². The Hall–Kier alpha value is -2.25. The lowest BCUT2D eigenvalue weighted by atomic mass is 10.0. The number of fused-ring (bicyclic) bond motifs is 1. The maximum Gasteiger partial charge on any atom is 0.254 e. The van der Waals surface area contributed by atoms with Crippen molar-refractivity contribution in [2.75, 3.05) is 13.2 Å². The predicted octanol–water partition coefficient (Wildman–Crippen LogP) is 3.21. The molecule has 4 heteroatoms. The Bertz CT molecular complexity index is 777. The SMILES string of the molecule is C#CC(C)(C)NC(=O)c1cn(CC2CCOCC2)c2ccccc12. The molecule has 1 amide bonds.